The van der Waals surface area contributed by atoms with Crippen LogP contribution in [0.1, 0.15) is 5.69 Å². The lowest BCUT2D eigenvalue weighted by Gasteiger charge is -2.07. The minimum absolute atomic E-state index is 0.297. The van der Waals surface area contributed by atoms with E-state index in [1.165, 1.54) is 17.4 Å². The summed E-state index contributed by atoms with van der Waals surface area (Å²) >= 11 is 1.48. The maximum absolute atomic E-state index is 13.3. The van der Waals surface area contributed by atoms with E-state index in [9.17, 15) is 4.39 Å². The monoisotopic (exact) mass is 220 g/mol. The minimum atomic E-state index is -0.297. The molecule has 2 aromatic rings. The largest absolute Gasteiger partial charge is 0.352 e. The highest BCUT2D eigenvalue weighted by atomic mass is 32.1. The van der Waals surface area contributed by atoms with Crippen LogP contribution < -0.4 is 5.32 Å². The number of nitrogens with one attached hydrogen (secondary N) is 1. The van der Waals surface area contributed by atoms with E-state index in [1.54, 1.807) is 23.7 Å². The first-order valence-electron chi connectivity index (χ1n) is 4.36. The Bertz CT molecular complexity index is 465. The topological polar surface area (TPSA) is 24.9 Å². The number of halogens is 1. The van der Waals surface area contributed by atoms with Gasteiger partial charge in [-0.1, -0.05) is 18.7 Å². The maximum Gasteiger partial charge on any atom is 0.146 e. The fraction of sp³-hybridized carbons (Fsp3) is 0. The molecule has 76 valence electrons. The van der Waals surface area contributed by atoms with Gasteiger partial charge >= 0.3 is 0 Å². The summed E-state index contributed by atoms with van der Waals surface area (Å²) in [5, 5.41) is 4.74. The van der Waals surface area contributed by atoms with Gasteiger partial charge in [-0.15, -0.1) is 11.3 Å². The van der Waals surface area contributed by atoms with E-state index in [1.807, 2.05) is 5.38 Å². The van der Waals surface area contributed by atoms with Crippen molar-refractivity contribution in [3.8, 4) is 0 Å². The number of anilines is 1. The van der Waals surface area contributed by atoms with Gasteiger partial charge in [0.15, 0.2) is 0 Å². The van der Waals surface area contributed by atoms with E-state index in [0.717, 1.165) is 5.69 Å². The lowest BCUT2D eigenvalue weighted by molar-refractivity contribution is 0.632. The first kappa shape index (κ1) is 9.86. The van der Waals surface area contributed by atoms with Gasteiger partial charge in [0.1, 0.15) is 5.82 Å². The van der Waals surface area contributed by atoms with E-state index < -0.39 is 0 Å². The van der Waals surface area contributed by atoms with Crippen LogP contribution in [-0.4, -0.2) is 4.98 Å². The third-order valence-electron chi connectivity index (χ3n) is 1.90. The van der Waals surface area contributed by atoms with Crippen LogP contribution in [0.4, 0.5) is 10.1 Å². The Labute approximate surface area is 91.1 Å². The standard InChI is InChI=1S/C11H9FN2S/c1-8(11-6-15-7-13-11)14-10-5-3-2-4-9(10)12/h2-7,14H,1H2. The van der Waals surface area contributed by atoms with Gasteiger partial charge in [0.2, 0.25) is 0 Å². The Morgan fingerprint density at radius 1 is 1.40 bits per heavy atom. The quantitative estimate of drug-likeness (QED) is 0.857. The van der Waals surface area contributed by atoms with Gasteiger partial charge in [-0.05, 0) is 12.1 Å². The van der Waals surface area contributed by atoms with E-state index in [0.29, 0.717) is 11.4 Å². The number of hydrogen-bond acceptors (Lipinski definition) is 3. The molecular formula is C11H9FN2S. The molecular weight excluding hydrogens is 211 g/mol. The number of thiazole rings is 1. The summed E-state index contributed by atoms with van der Waals surface area (Å²) in [6.45, 7) is 3.80. The summed E-state index contributed by atoms with van der Waals surface area (Å²) in [4.78, 5) is 4.08. The van der Waals surface area contributed by atoms with Gasteiger partial charge in [-0.25, -0.2) is 9.37 Å². The number of nitrogens with zero attached hydrogens (tertiary/aromatic N) is 1. The second-order valence-corrected chi connectivity index (χ2v) is 3.68. The Balaban J connectivity index is 2.17. The molecule has 0 atom stereocenters. The summed E-state index contributed by atoms with van der Waals surface area (Å²) in [6, 6.07) is 6.47. The van der Waals surface area contributed by atoms with Crippen LogP contribution in [0.25, 0.3) is 5.70 Å². The molecule has 1 heterocycles. The first-order chi connectivity index (χ1) is 7.27. The molecule has 0 aliphatic heterocycles. The van der Waals surface area contributed by atoms with Crippen molar-refractivity contribution in [3.05, 3.63) is 53.2 Å². The third-order valence-corrected chi connectivity index (χ3v) is 2.49. The Hall–Kier alpha value is -1.68. The fourth-order valence-corrected chi connectivity index (χ4v) is 1.72. The SMILES string of the molecule is C=C(Nc1ccccc1F)c1cscn1. The molecule has 2 nitrogen and oxygen atoms in total. The highest BCUT2D eigenvalue weighted by Crippen LogP contribution is 2.19. The van der Waals surface area contributed by atoms with Gasteiger partial charge in [-0.3, -0.25) is 0 Å². The molecule has 0 unspecified atom stereocenters. The first-order valence-corrected chi connectivity index (χ1v) is 5.30. The van der Waals surface area contributed by atoms with Crippen LogP contribution in [0.2, 0.25) is 0 Å². The number of rotatable bonds is 3. The van der Waals surface area contributed by atoms with E-state index in [2.05, 4.69) is 16.9 Å². The smallest absolute Gasteiger partial charge is 0.146 e. The van der Waals surface area contributed by atoms with Crippen molar-refractivity contribution in [2.24, 2.45) is 0 Å². The third kappa shape index (κ3) is 2.22. The molecule has 0 amide bonds. The van der Waals surface area contributed by atoms with Gasteiger partial charge in [0.05, 0.1) is 22.6 Å². The van der Waals surface area contributed by atoms with Crippen molar-refractivity contribution >= 4 is 22.7 Å². The van der Waals surface area contributed by atoms with Crippen LogP contribution in [0.3, 0.4) is 0 Å². The summed E-state index contributed by atoms with van der Waals surface area (Å²) in [5.74, 6) is -0.297. The number of benzene rings is 1. The molecule has 2 rings (SSSR count). The van der Waals surface area contributed by atoms with Crippen LogP contribution in [0, 0.1) is 5.82 Å². The van der Waals surface area contributed by atoms with Crippen LogP contribution in [0.5, 0.6) is 0 Å². The van der Waals surface area contributed by atoms with Gasteiger partial charge in [0, 0.05) is 5.38 Å². The van der Waals surface area contributed by atoms with Crippen LogP contribution in [0.15, 0.2) is 41.7 Å². The highest BCUT2D eigenvalue weighted by Gasteiger charge is 2.04. The molecule has 4 heteroatoms. The lowest BCUT2D eigenvalue weighted by atomic mass is 10.3. The lowest BCUT2D eigenvalue weighted by Crippen LogP contribution is -1.99. The zero-order chi connectivity index (χ0) is 10.7. The number of para-hydroxylation sites is 1. The van der Waals surface area contributed by atoms with Crippen molar-refractivity contribution < 1.29 is 4.39 Å². The van der Waals surface area contributed by atoms with Crippen LogP contribution >= 0.6 is 11.3 Å². The zero-order valence-corrected chi connectivity index (χ0v) is 8.72. The van der Waals surface area contributed by atoms with Gasteiger partial charge in [0.25, 0.3) is 0 Å². The van der Waals surface area contributed by atoms with Crippen LogP contribution in [-0.2, 0) is 0 Å². The highest BCUT2D eigenvalue weighted by molar-refractivity contribution is 7.07. The predicted molar refractivity (Wildman–Crippen MR) is 61.2 cm³/mol. The summed E-state index contributed by atoms with van der Waals surface area (Å²) in [5.41, 5.74) is 3.46. The van der Waals surface area contributed by atoms with Gasteiger partial charge < -0.3 is 5.32 Å². The second-order valence-electron chi connectivity index (χ2n) is 2.96. The molecule has 0 aliphatic carbocycles. The molecule has 0 spiro atoms. The van der Waals surface area contributed by atoms with Crippen molar-refractivity contribution in [3.63, 3.8) is 0 Å². The zero-order valence-electron chi connectivity index (χ0n) is 7.90. The molecule has 1 aromatic heterocycles. The van der Waals surface area contributed by atoms with Crippen molar-refractivity contribution in [1.82, 2.24) is 4.98 Å². The fourth-order valence-electron chi connectivity index (χ4n) is 1.15. The summed E-state index contributed by atoms with van der Waals surface area (Å²) < 4.78 is 13.3. The van der Waals surface area contributed by atoms with E-state index in [-0.39, 0.29) is 5.82 Å². The molecule has 0 aliphatic rings. The Kier molecular flexibility index (Phi) is 2.78. The molecule has 1 aromatic carbocycles. The summed E-state index contributed by atoms with van der Waals surface area (Å²) in [6.07, 6.45) is 0. The molecule has 0 bridgehead atoms. The second kappa shape index (κ2) is 4.23. The normalized spacial score (nSPS) is 9.93. The van der Waals surface area contributed by atoms with Crippen molar-refractivity contribution in [2.75, 3.05) is 5.32 Å². The van der Waals surface area contributed by atoms with E-state index in [4.69, 9.17) is 0 Å². The average molecular weight is 220 g/mol. The average Bonchev–Trinajstić information content (AvgIpc) is 2.74. The number of hydrogen-bond donors (Lipinski definition) is 1. The Morgan fingerprint density at radius 2 is 2.20 bits per heavy atom. The molecule has 0 saturated heterocycles. The van der Waals surface area contributed by atoms with Gasteiger partial charge in [-0.2, -0.15) is 0 Å². The Morgan fingerprint density at radius 3 is 2.87 bits per heavy atom. The molecule has 1 N–H and O–H groups in total. The minimum Gasteiger partial charge on any atom is -0.352 e. The summed E-state index contributed by atoms with van der Waals surface area (Å²) in [7, 11) is 0. The van der Waals surface area contributed by atoms with E-state index >= 15 is 0 Å². The molecule has 0 saturated carbocycles. The molecule has 0 radical (unpaired) electrons. The van der Waals surface area contributed by atoms with Crippen molar-refractivity contribution in [1.29, 1.82) is 0 Å². The van der Waals surface area contributed by atoms with Crippen molar-refractivity contribution in [2.45, 2.75) is 0 Å². The maximum atomic E-state index is 13.3. The predicted octanol–water partition coefficient (Wildman–Crippen LogP) is 3.37. The number of aromatic nitrogens is 1. The molecule has 15 heavy (non-hydrogen) atoms. The molecule has 0 fully saturated rings.